The number of fused-ring (bicyclic) bond motifs is 2. The Kier molecular flexibility index (Phi) is 4.59. The van der Waals surface area contributed by atoms with E-state index in [9.17, 15) is 9.18 Å². The Hall–Kier alpha value is -3.92. The minimum absolute atomic E-state index is 0.119. The molecule has 0 unspecified atom stereocenters. The van der Waals surface area contributed by atoms with E-state index in [4.69, 9.17) is 14.5 Å². The van der Waals surface area contributed by atoms with Gasteiger partial charge in [0.25, 0.3) is 0 Å². The van der Waals surface area contributed by atoms with Crippen LogP contribution < -0.4 is 10.1 Å². The molecule has 10 heteroatoms. The number of anilines is 1. The molecule has 2 atom stereocenters. The first-order valence-electron chi connectivity index (χ1n) is 10.9. The first-order chi connectivity index (χ1) is 16.5. The SMILES string of the molecule is COc1cc2ncnc(-c3cn(C)nc3-c3ccc(F)cc3)c2nc1NC(=O)[C@]12COC[C@H]1C2. The minimum atomic E-state index is -0.475. The largest absolute Gasteiger partial charge is 0.493 e. The van der Waals surface area contributed by atoms with Gasteiger partial charge >= 0.3 is 0 Å². The number of aromatic nitrogens is 5. The van der Waals surface area contributed by atoms with Gasteiger partial charge < -0.3 is 14.8 Å². The van der Waals surface area contributed by atoms with E-state index in [2.05, 4.69) is 20.4 Å². The molecule has 1 saturated heterocycles. The molecular formula is C24H21FN6O3. The van der Waals surface area contributed by atoms with Crippen LogP contribution in [0.2, 0.25) is 0 Å². The Morgan fingerprint density at radius 3 is 2.79 bits per heavy atom. The topological polar surface area (TPSA) is 104 Å². The van der Waals surface area contributed by atoms with Crippen molar-refractivity contribution in [1.29, 1.82) is 0 Å². The molecule has 9 nitrogen and oxygen atoms in total. The number of pyridine rings is 1. The van der Waals surface area contributed by atoms with Gasteiger partial charge in [-0.05, 0) is 30.7 Å². The number of ether oxygens (including phenoxy) is 2. The number of amides is 1. The molecule has 1 aliphatic heterocycles. The third-order valence-electron chi connectivity index (χ3n) is 6.59. The number of halogens is 1. The highest BCUT2D eigenvalue weighted by Crippen LogP contribution is 2.57. The summed E-state index contributed by atoms with van der Waals surface area (Å²) in [6.07, 6.45) is 4.09. The van der Waals surface area contributed by atoms with Gasteiger partial charge in [-0.15, -0.1) is 0 Å². The van der Waals surface area contributed by atoms with Crippen LogP contribution in [0.25, 0.3) is 33.5 Å². The standard InChI is InChI=1S/C24H21FN6O3/c1-31-9-16(19(30-31)13-3-5-15(25)6-4-13)20-21-17(26-12-27-20)7-18(33-2)22(28-21)29-23(32)24-8-14(24)10-34-11-24/h3-7,9,12,14H,8,10-11H2,1-2H3,(H,28,29,32)/t14-,24-/m1/s1. The number of rotatable bonds is 5. The van der Waals surface area contributed by atoms with E-state index < -0.39 is 5.41 Å². The number of aryl methyl sites for hydroxylation is 1. The predicted octanol–water partition coefficient (Wildman–Crippen LogP) is 3.22. The highest BCUT2D eigenvalue weighted by molar-refractivity contribution is 6.01. The highest BCUT2D eigenvalue weighted by atomic mass is 19.1. The molecule has 2 fully saturated rings. The van der Waals surface area contributed by atoms with Crippen LogP contribution in [0.5, 0.6) is 5.75 Å². The molecule has 1 N–H and O–H groups in total. The maximum atomic E-state index is 13.5. The van der Waals surface area contributed by atoms with Gasteiger partial charge in [0.2, 0.25) is 5.91 Å². The van der Waals surface area contributed by atoms with Crippen LogP contribution in [-0.4, -0.2) is 51.0 Å². The zero-order chi connectivity index (χ0) is 23.4. The summed E-state index contributed by atoms with van der Waals surface area (Å²) >= 11 is 0. The summed E-state index contributed by atoms with van der Waals surface area (Å²) in [4.78, 5) is 26.6. The van der Waals surface area contributed by atoms with Crippen LogP contribution in [-0.2, 0) is 16.6 Å². The summed E-state index contributed by atoms with van der Waals surface area (Å²) in [6, 6.07) is 7.84. The van der Waals surface area contributed by atoms with Gasteiger partial charge in [-0.1, -0.05) is 0 Å². The fourth-order valence-electron chi connectivity index (χ4n) is 4.63. The molecule has 4 aromatic rings. The number of methoxy groups -OCH3 is 1. The van der Waals surface area contributed by atoms with E-state index >= 15 is 0 Å². The van der Waals surface area contributed by atoms with Gasteiger partial charge in [0, 0.05) is 36.4 Å². The Bertz CT molecular complexity index is 1440. The Balaban J connectivity index is 1.46. The normalized spacial score (nSPS) is 20.9. The molecule has 2 aliphatic rings. The minimum Gasteiger partial charge on any atom is -0.493 e. The molecule has 0 bridgehead atoms. The fraction of sp³-hybridized carbons (Fsp3) is 0.292. The Morgan fingerprint density at radius 1 is 1.26 bits per heavy atom. The molecule has 1 aliphatic carbocycles. The summed E-state index contributed by atoms with van der Waals surface area (Å²) in [5, 5.41) is 7.50. The van der Waals surface area contributed by atoms with E-state index in [-0.39, 0.29) is 17.6 Å². The van der Waals surface area contributed by atoms with Crippen LogP contribution in [0.4, 0.5) is 10.2 Å². The second-order valence-corrected chi connectivity index (χ2v) is 8.73. The van der Waals surface area contributed by atoms with Crippen molar-refractivity contribution < 1.29 is 18.7 Å². The summed E-state index contributed by atoms with van der Waals surface area (Å²) in [7, 11) is 3.32. The van der Waals surface area contributed by atoms with Crippen molar-refractivity contribution in [2.45, 2.75) is 6.42 Å². The molecule has 34 heavy (non-hydrogen) atoms. The van der Waals surface area contributed by atoms with Crippen molar-refractivity contribution in [2.24, 2.45) is 18.4 Å². The first kappa shape index (κ1) is 20.7. The lowest BCUT2D eigenvalue weighted by molar-refractivity contribution is -0.121. The molecule has 1 amide bonds. The monoisotopic (exact) mass is 460 g/mol. The molecule has 3 aromatic heterocycles. The van der Waals surface area contributed by atoms with Crippen LogP contribution in [0.3, 0.4) is 0 Å². The molecule has 172 valence electrons. The average Bonchev–Trinajstić information content (AvgIpc) is 3.18. The number of hydrogen-bond acceptors (Lipinski definition) is 7. The summed E-state index contributed by atoms with van der Waals surface area (Å²) in [6.45, 7) is 1.03. The number of carbonyl (C=O) groups excluding carboxylic acids is 1. The Labute approximate surface area is 194 Å². The predicted molar refractivity (Wildman–Crippen MR) is 121 cm³/mol. The van der Waals surface area contributed by atoms with E-state index in [1.165, 1.54) is 25.6 Å². The molecule has 6 rings (SSSR count). The number of benzene rings is 1. The van der Waals surface area contributed by atoms with Crippen molar-refractivity contribution in [2.75, 3.05) is 25.6 Å². The van der Waals surface area contributed by atoms with E-state index in [1.807, 2.05) is 6.20 Å². The molecule has 1 aromatic carbocycles. The van der Waals surface area contributed by atoms with E-state index in [1.54, 1.807) is 29.9 Å². The number of hydrogen-bond donors (Lipinski definition) is 1. The van der Waals surface area contributed by atoms with Gasteiger partial charge in [-0.3, -0.25) is 9.48 Å². The average molecular weight is 460 g/mol. The fourth-order valence-corrected chi connectivity index (χ4v) is 4.63. The zero-order valence-corrected chi connectivity index (χ0v) is 18.6. The van der Waals surface area contributed by atoms with Gasteiger partial charge in [0.05, 0.1) is 31.3 Å². The van der Waals surface area contributed by atoms with E-state index in [0.29, 0.717) is 52.8 Å². The van der Waals surface area contributed by atoms with Gasteiger partial charge in [0.15, 0.2) is 11.6 Å². The quantitative estimate of drug-likeness (QED) is 0.488. The summed E-state index contributed by atoms with van der Waals surface area (Å²) < 4.78 is 26.1. The van der Waals surface area contributed by atoms with Gasteiger partial charge in [-0.2, -0.15) is 5.10 Å². The first-order valence-corrected chi connectivity index (χ1v) is 10.9. The zero-order valence-electron chi connectivity index (χ0n) is 18.6. The van der Waals surface area contributed by atoms with Crippen molar-refractivity contribution >= 4 is 22.8 Å². The smallest absolute Gasteiger partial charge is 0.234 e. The number of nitrogens with one attached hydrogen (secondary N) is 1. The highest BCUT2D eigenvalue weighted by Gasteiger charge is 2.63. The maximum absolute atomic E-state index is 13.5. The van der Waals surface area contributed by atoms with Crippen molar-refractivity contribution in [3.63, 3.8) is 0 Å². The van der Waals surface area contributed by atoms with E-state index in [0.717, 1.165) is 12.0 Å². The molecule has 1 saturated carbocycles. The van der Waals surface area contributed by atoms with Crippen molar-refractivity contribution in [1.82, 2.24) is 24.7 Å². The number of carbonyl (C=O) groups is 1. The molecule has 0 radical (unpaired) electrons. The van der Waals surface area contributed by atoms with Crippen molar-refractivity contribution in [3.8, 4) is 28.3 Å². The van der Waals surface area contributed by atoms with Gasteiger partial charge in [-0.25, -0.2) is 19.3 Å². The van der Waals surface area contributed by atoms with Crippen LogP contribution in [0.1, 0.15) is 6.42 Å². The molecular weight excluding hydrogens is 439 g/mol. The third-order valence-corrected chi connectivity index (χ3v) is 6.59. The third kappa shape index (κ3) is 3.21. The lowest BCUT2D eigenvalue weighted by Gasteiger charge is -2.15. The van der Waals surface area contributed by atoms with Crippen LogP contribution >= 0.6 is 0 Å². The summed E-state index contributed by atoms with van der Waals surface area (Å²) in [5.74, 6) is 0.518. The lowest BCUT2D eigenvalue weighted by Crippen LogP contribution is -2.27. The second-order valence-electron chi connectivity index (χ2n) is 8.73. The van der Waals surface area contributed by atoms with Crippen molar-refractivity contribution in [3.05, 3.63) is 48.7 Å². The maximum Gasteiger partial charge on any atom is 0.234 e. The van der Waals surface area contributed by atoms with Crippen LogP contribution in [0.15, 0.2) is 42.9 Å². The summed E-state index contributed by atoms with van der Waals surface area (Å²) in [5.41, 5.74) is 3.20. The molecule has 0 spiro atoms. The van der Waals surface area contributed by atoms with Crippen LogP contribution in [0, 0.1) is 17.2 Å². The lowest BCUT2D eigenvalue weighted by atomic mass is 10.0. The number of nitrogens with zero attached hydrogens (tertiary/aromatic N) is 5. The second kappa shape index (κ2) is 7.56. The Morgan fingerprint density at radius 2 is 2.09 bits per heavy atom. The van der Waals surface area contributed by atoms with Gasteiger partial charge in [0.1, 0.15) is 29.0 Å². The molecule has 4 heterocycles.